The highest BCUT2D eigenvalue weighted by molar-refractivity contribution is 5.80. The number of hydrogen-bond acceptors (Lipinski definition) is 3. The number of nitrogens with one attached hydrogen (secondary N) is 2. The SMILES string of the molecule is CC1(NC(=O)C2CNC2)CCN2CCC1CC2. The van der Waals surface area contributed by atoms with Gasteiger partial charge in [0.05, 0.1) is 5.92 Å². The number of carbonyl (C=O) groups is 1. The van der Waals surface area contributed by atoms with Crippen LogP contribution in [-0.4, -0.2) is 49.1 Å². The van der Waals surface area contributed by atoms with E-state index in [1.165, 1.54) is 25.9 Å². The minimum absolute atomic E-state index is 0.0396. The lowest BCUT2D eigenvalue weighted by Crippen LogP contribution is -2.58. The molecule has 4 heterocycles. The third-order valence-electron chi connectivity index (χ3n) is 5.00. The van der Waals surface area contributed by atoms with Crippen LogP contribution in [0.15, 0.2) is 0 Å². The minimum Gasteiger partial charge on any atom is -0.350 e. The summed E-state index contributed by atoms with van der Waals surface area (Å²) in [6.45, 7) is 7.58. The van der Waals surface area contributed by atoms with Crippen LogP contribution in [0, 0.1) is 11.8 Å². The zero-order valence-electron chi connectivity index (χ0n) is 10.7. The highest BCUT2D eigenvalue weighted by Crippen LogP contribution is 2.35. The molecule has 4 fully saturated rings. The van der Waals surface area contributed by atoms with Crippen LogP contribution in [0.3, 0.4) is 0 Å². The number of amides is 1. The van der Waals surface area contributed by atoms with Crippen LogP contribution in [0.5, 0.6) is 0 Å². The van der Waals surface area contributed by atoms with Crippen molar-refractivity contribution in [2.75, 3.05) is 32.7 Å². The van der Waals surface area contributed by atoms with Gasteiger partial charge >= 0.3 is 0 Å². The first kappa shape index (κ1) is 11.5. The van der Waals surface area contributed by atoms with Gasteiger partial charge in [0.2, 0.25) is 5.91 Å². The monoisotopic (exact) mass is 237 g/mol. The van der Waals surface area contributed by atoms with E-state index >= 15 is 0 Å². The first-order valence-electron chi connectivity index (χ1n) is 6.92. The Hall–Kier alpha value is -0.610. The van der Waals surface area contributed by atoms with E-state index in [1.54, 1.807) is 0 Å². The number of hydrogen-bond donors (Lipinski definition) is 2. The fraction of sp³-hybridized carbons (Fsp3) is 0.923. The molecule has 2 bridgehead atoms. The predicted molar refractivity (Wildman–Crippen MR) is 66.7 cm³/mol. The molecule has 0 aromatic carbocycles. The number of rotatable bonds is 2. The van der Waals surface area contributed by atoms with Crippen molar-refractivity contribution in [1.82, 2.24) is 15.5 Å². The Morgan fingerprint density at radius 2 is 2.00 bits per heavy atom. The van der Waals surface area contributed by atoms with Gasteiger partial charge in [0.1, 0.15) is 0 Å². The maximum Gasteiger partial charge on any atom is 0.226 e. The third-order valence-corrected chi connectivity index (χ3v) is 5.00. The number of fused-ring (bicyclic) bond motifs is 4. The smallest absolute Gasteiger partial charge is 0.226 e. The van der Waals surface area contributed by atoms with Crippen LogP contribution in [0.2, 0.25) is 0 Å². The molecular formula is C13H23N3O. The van der Waals surface area contributed by atoms with Crippen molar-refractivity contribution in [3.63, 3.8) is 0 Å². The van der Waals surface area contributed by atoms with Crippen molar-refractivity contribution in [3.05, 3.63) is 0 Å². The quantitative estimate of drug-likeness (QED) is 0.721. The summed E-state index contributed by atoms with van der Waals surface area (Å²) in [4.78, 5) is 14.7. The molecule has 4 aliphatic heterocycles. The van der Waals surface area contributed by atoms with Gasteiger partial charge in [0.25, 0.3) is 0 Å². The van der Waals surface area contributed by atoms with Gasteiger partial charge in [-0.2, -0.15) is 0 Å². The normalized spacial score (nSPS) is 41.7. The second-order valence-corrected chi connectivity index (χ2v) is 6.13. The molecule has 4 rings (SSSR count). The summed E-state index contributed by atoms with van der Waals surface area (Å²) in [6, 6.07) is 0. The number of carbonyl (C=O) groups excluding carboxylic acids is 1. The van der Waals surface area contributed by atoms with Crippen molar-refractivity contribution < 1.29 is 4.79 Å². The molecule has 1 amide bonds. The summed E-state index contributed by atoms with van der Waals surface area (Å²) in [5.74, 6) is 1.16. The predicted octanol–water partition coefficient (Wildman–Crippen LogP) is 0.196. The Morgan fingerprint density at radius 1 is 1.29 bits per heavy atom. The van der Waals surface area contributed by atoms with Crippen molar-refractivity contribution in [2.45, 2.75) is 31.7 Å². The van der Waals surface area contributed by atoms with Gasteiger partial charge in [-0.15, -0.1) is 0 Å². The van der Waals surface area contributed by atoms with Crippen molar-refractivity contribution in [1.29, 1.82) is 0 Å². The lowest BCUT2D eigenvalue weighted by atomic mass is 9.78. The zero-order valence-corrected chi connectivity index (χ0v) is 10.7. The summed E-state index contributed by atoms with van der Waals surface area (Å²) in [6.07, 6.45) is 3.61. The second kappa shape index (κ2) is 4.25. The lowest BCUT2D eigenvalue weighted by molar-refractivity contribution is -0.129. The van der Waals surface area contributed by atoms with Gasteiger partial charge in [0, 0.05) is 25.2 Å². The van der Waals surface area contributed by atoms with Gasteiger partial charge in [-0.25, -0.2) is 0 Å². The van der Waals surface area contributed by atoms with Crippen LogP contribution < -0.4 is 10.6 Å². The maximum atomic E-state index is 12.1. The summed E-state index contributed by atoms with van der Waals surface area (Å²) >= 11 is 0. The van der Waals surface area contributed by atoms with Gasteiger partial charge in [-0.3, -0.25) is 4.79 Å². The molecule has 0 radical (unpaired) electrons. The summed E-state index contributed by atoms with van der Waals surface area (Å²) < 4.78 is 0. The Balaban J connectivity index is 1.68. The number of nitrogens with zero attached hydrogens (tertiary/aromatic N) is 1. The Labute approximate surface area is 103 Å². The number of piperidine rings is 1. The molecule has 2 N–H and O–H groups in total. The van der Waals surface area contributed by atoms with E-state index in [-0.39, 0.29) is 17.4 Å². The molecule has 4 nitrogen and oxygen atoms in total. The molecule has 4 saturated heterocycles. The molecule has 4 heteroatoms. The van der Waals surface area contributed by atoms with Gasteiger partial charge in [-0.05, 0) is 45.2 Å². The second-order valence-electron chi connectivity index (χ2n) is 6.13. The van der Waals surface area contributed by atoms with E-state index in [1.807, 2.05) is 0 Å². The van der Waals surface area contributed by atoms with Gasteiger partial charge < -0.3 is 15.5 Å². The van der Waals surface area contributed by atoms with E-state index in [0.717, 1.165) is 26.1 Å². The molecule has 96 valence electrons. The van der Waals surface area contributed by atoms with Crippen LogP contribution in [-0.2, 0) is 4.79 Å². The molecule has 17 heavy (non-hydrogen) atoms. The maximum absolute atomic E-state index is 12.1. The van der Waals surface area contributed by atoms with Crippen LogP contribution in [0.25, 0.3) is 0 Å². The van der Waals surface area contributed by atoms with E-state index in [0.29, 0.717) is 5.92 Å². The minimum atomic E-state index is 0.0396. The van der Waals surface area contributed by atoms with Crippen LogP contribution >= 0.6 is 0 Å². The highest BCUT2D eigenvalue weighted by Gasteiger charge is 2.42. The molecule has 4 aliphatic rings. The third kappa shape index (κ3) is 2.08. The summed E-state index contributed by atoms with van der Waals surface area (Å²) in [7, 11) is 0. The Kier molecular flexibility index (Phi) is 2.87. The van der Waals surface area contributed by atoms with E-state index in [9.17, 15) is 4.79 Å². The lowest BCUT2D eigenvalue weighted by Gasteiger charge is -2.39. The topological polar surface area (TPSA) is 44.4 Å². The summed E-state index contributed by atoms with van der Waals surface area (Å²) in [5, 5.41) is 6.53. The van der Waals surface area contributed by atoms with E-state index < -0.39 is 0 Å². The Bertz CT molecular complexity index is 308. The molecular weight excluding hydrogens is 214 g/mol. The standard InChI is InChI=1S/C13H23N3O/c1-13(15-12(17)10-8-14-9-10)4-7-16-5-2-11(13)3-6-16/h10-11,14H,2-9H2,1H3,(H,15,17). The van der Waals surface area contributed by atoms with E-state index in [2.05, 4.69) is 22.5 Å². The highest BCUT2D eigenvalue weighted by atomic mass is 16.2. The fourth-order valence-electron chi connectivity index (χ4n) is 3.41. The summed E-state index contributed by atoms with van der Waals surface area (Å²) in [5.41, 5.74) is 0.0396. The van der Waals surface area contributed by atoms with Crippen LogP contribution in [0.4, 0.5) is 0 Å². The molecule has 0 aromatic rings. The van der Waals surface area contributed by atoms with Crippen molar-refractivity contribution >= 4 is 5.91 Å². The molecule has 1 unspecified atom stereocenters. The molecule has 0 spiro atoms. The molecule has 1 atom stereocenters. The van der Waals surface area contributed by atoms with E-state index in [4.69, 9.17) is 0 Å². The first-order chi connectivity index (χ1) is 8.17. The van der Waals surface area contributed by atoms with Crippen molar-refractivity contribution in [2.24, 2.45) is 11.8 Å². The average Bonchev–Trinajstić information content (AvgIpc) is 2.46. The van der Waals surface area contributed by atoms with Gasteiger partial charge in [0.15, 0.2) is 0 Å². The molecule has 0 aromatic heterocycles. The molecule has 0 saturated carbocycles. The Morgan fingerprint density at radius 3 is 2.59 bits per heavy atom. The largest absolute Gasteiger partial charge is 0.350 e. The first-order valence-corrected chi connectivity index (χ1v) is 6.92. The van der Waals surface area contributed by atoms with Gasteiger partial charge in [-0.1, -0.05) is 0 Å². The van der Waals surface area contributed by atoms with Crippen molar-refractivity contribution in [3.8, 4) is 0 Å². The van der Waals surface area contributed by atoms with Crippen LogP contribution in [0.1, 0.15) is 26.2 Å². The molecule has 0 aliphatic carbocycles. The fourth-order valence-corrected chi connectivity index (χ4v) is 3.41. The average molecular weight is 237 g/mol. The zero-order chi connectivity index (χ0) is 11.9.